The summed E-state index contributed by atoms with van der Waals surface area (Å²) in [6.07, 6.45) is 1.75. The van der Waals surface area contributed by atoms with Crippen LogP contribution in [0.5, 0.6) is 5.75 Å². The Bertz CT molecular complexity index is 578. The van der Waals surface area contributed by atoms with Crippen LogP contribution in [0, 0.1) is 6.92 Å². The van der Waals surface area contributed by atoms with Gasteiger partial charge in [0, 0.05) is 6.54 Å². The molecule has 0 aliphatic heterocycles. The fourth-order valence-corrected chi connectivity index (χ4v) is 3.16. The van der Waals surface area contributed by atoms with E-state index in [1.54, 1.807) is 24.6 Å². The summed E-state index contributed by atoms with van der Waals surface area (Å²) in [4.78, 5) is 2.12. The largest absolute Gasteiger partial charge is 0.493 e. The summed E-state index contributed by atoms with van der Waals surface area (Å²) in [5.74, 6) is 6.57. The van der Waals surface area contributed by atoms with Crippen molar-refractivity contribution < 1.29 is 4.74 Å². The lowest BCUT2D eigenvalue weighted by atomic mass is 10.0. The standard InChI is InChI=1S/C14H23N5OS/c1-10-8-21-9-11(10)13(17-15)14-12(20-4)7-16-19(14)6-5-18(2)3/h7-9,13,17H,5-6,15H2,1-4H3. The average Bonchev–Trinajstić information content (AvgIpc) is 3.05. The fourth-order valence-electron chi connectivity index (χ4n) is 2.28. The number of thiophene rings is 1. The van der Waals surface area contributed by atoms with Crippen molar-refractivity contribution in [3.63, 3.8) is 0 Å². The smallest absolute Gasteiger partial charge is 0.161 e. The highest BCUT2D eigenvalue weighted by molar-refractivity contribution is 7.08. The van der Waals surface area contributed by atoms with E-state index in [4.69, 9.17) is 10.6 Å². The molecule has 0 amide bonds. The van der Waals surface area contributed by atoms with Crippen LogP contribution in [-0.2, 0) is 6.54 Å². The molecule has 1 unspecified atom stereocenters. The summed E-state index contributed by atoms with van der Waals surface area (Å²) in [5, 5.41) is 8.67. The number of nitrogens with one attached hydrogen (secondary N) is 1. The molecule has 3 N–H and O–H groups in total. The first-order valence-electron chi connectivity index (χ1n) is 6.81. The molecule has 7 heteroatoms. The normalized spacial score (nSPS) is 12.9. The quantitative estimate of drug-likeness (QED) is 0.597. The zero-order chi connectivity index (χ0) is 15.4. The number of aryl methyl sites for hydroxylation is 1. The Hall–Kier alpha value is -1.41. The van der Waals surface area contributed by atoms with Crippen molar-refractivity contribution in [1.82, 2.24) is 20.1 Å². The Morgan fingerprint density at radius 2 is 2.24 bits per heavy atom. The Kier molecular flexibility index (Phi) is 5.35. The Labute approximate surface area is 129 Å². The first-order valence-corrected chi connectivity index (χ1v) is 7.76. The first-order chi connectivity index (χ1) is 10.1. The first kappa shape index (κ1) is 16.0. The lowest BCUT2D eigenvalue weighted by Gasteiger charge is -2.20. The van der Waals surface area contributed by atoms with Gasteiger partial charge in [0.05, 0.1) is 25.9 Å². The Morgan fingerprint density at radius 1 is 1.48 bits per heavy atom. The molecule has 0 aliphatic carbocycles. The third kappa shape index (κ3) is 3.44. The predicted octanol–water partition coefficient (Wildman–Crippen LogP) is 1.38. The maximum Gasteiger partial charge on any atom is 0.161 e. The molecule has 2 aromatic rings. The van der Waals surface area contributed by atoms with E-state index in [1.165, 1.54) is 5.56 Å². The second kappa shape index (κ2) is 7.04. The molecule has 6 nitrogen and oxygen atoms in total. The van der Waals surface area contributed by atoms with Gasteiger partial charge >= 0.3 is 0 Å². The summed E-state index contributed by atoms with van der Waals surface area (Å²) in [5.41, 5.74) is 6.24. The Balaban J connectivity index is 2.39. The van der Waals surface area contributed by atoms with E-state index in [0.29, 0.717) is 0 Å². The van der Waals surface area contributed by atoms with Crippen LogP contribution in [0.1, 0.15) is 22.9 Å². The summed E-state index contributed by atoms with van der Waals surface area (Å²) >= 11 is 1.67. The van der Waals surface area contributed by atoms with Gasteiger partial charge < -0.3 is 9.64 Å². The van der Waals surface area contributed by atoms with Crippen molar-refractivity contribution >= 4 is 11.3 Å². The van der Waals surface area contributed by atoms with Gasteiger partial charge in [-0.05, 0) is 42.9 Å². The van der Waals surface area contributed by atoms with Gasteiger partial charge in [-0.1, -0.05) is 0 Å². The summed E-state index contributed by atoms with van der Waals surface area (Å²) in [6, 6.07) is -0.129. The van der Waals surface area contributed by atoms with Crippen LogP contribution in [0.15, 0.2) is 17.0 Å². The zero-order valence-corrected chi connectivity index (χ0v) is 13.8. The lowest BCUT2D eigenvalue weighted by molar-refractivity contribution is 0.359. The van der Waals surface area contributed by atoms with Gasteiger partial charge in [0.15, 0.2) is 5.75 Å². The van der Waals surface area contributed by atoms with Crippen LogP contribution in [0.3, 0.4) is 0 Å². The molecule has 2 rings (SSSR count). The van der Waals surface area contributed by atoms with Gasteiger partial charge in [-0.25, -0.2) is 5.43 Å². The molecule has 0 radical (unpaired) electrons. The average molecular weight is 309 g/mol. The Morgan fingerprint density at radius 3 is 2.76 bits per heavy atom. The van der Waals surface area contributed by atoms with Crippen molar-refractivity contribution in [2.45, 2.75) is 19.5 Å². The minimum Gasteiger partial charge on any atom is -0.493 e. The van der Waals surface area contributed by atoms with Crippen LogP contribution in [0.25, 0.3) is 0 Å². The topological polar surface area (TPSA) is 68.3 Å². The maximum absolute atomic E-state index is 5.82. The van der Waals surface area contributed by atoms with Crippen LogP contribution in [0.4, 0.5) is 0 Å². The number of ether oxygens (including phenoxy) is 1. The molecule has 0 saturated carbocycles. The number of nitrogens with zero attached hydrogens (tertiary/aromatic N) is 3. The molecule has 0 saturated heterocycles. The van der Waals surface area contributed by atoms with E-state index in [2.05, 4.69) is 33.1 Å². The minimum atomic E-state index is -0.129. The number of aromatic nitrogens is 2. The second-order valence-electron chi connectivity index (χ2n) is 5.23. The molecular weight excluding hydrogens is 286 g/mol. The van der Waals surface area contributed by atoms with Gasteiger partial charge in [0.2, 0.25) is 0 Å². The van der Waals surface area contributed by atoms with Crippen molar-refractivity contribution in [3.8, 4) is 5.75 Å². The predicted molar refractivity (Wildman–Crippen MR) is 85.6 cm³/mol. The van der Waals surface area contributed by atoms with Crippen molar-refractivity contribution in [2.24, 2.45) is 5.84 Å². The molecule has 2 aromatic heterocycles. The molecule has 1 atom stereocenters. The summed E-state index contributed by atoms with van der Waals surface area (Å²) < 4.78 is 7.42. The van der Waals surface area contributed by atoms with Crippen molar-refractivity contribution in [3.05, 3.63) is 33.8 Å². The highest BCUT2D eigenvalue weighted by Crippen LogP contribution is 2.32. The van der Waals surface area contributed by atoms with E-state index in [1.807, 2.05) is 18.8 Å². The molecule has 0 fully saturated rings. The van der Waals surface area contributed by atoms with E-state index in [0.717, 1.165) is 30.1 Å². The second-order valence-corrected chi connectivity index (χ2v) is 5.98. The highest BCUT2D eigenvalue weighted by Gasteiger charge is 2.24. The monoisotopic (exact) mass is 309 g/mol. The number of nitrogens with two attached hydrogens (primary N) is 1. The van der Waals surface area contributed by atoms with Crippen molar-refractivity contribution in [1.29, 1.82) is 0 Å². The van der Waals surface area contributed by atoms with Crippen LogP contribution < -0.4 is 16.0 Å². The number of rotatable bonds is 7. The fraction of sp³-hybridized carbons (Fsp3) is 0.500. The van der Waals surface area contributed by atoms with Crippen molar-refractivity contribution in [2.75, 3.05) is 27.7 Å². The molecule has 116 valence electrons. The summed E-state index contributed by atoms with van der Waals surface area (Å²) in [6.45, 7) is 3.77. The number of methoxy groups -OCH3 is 1. The SMILES string of the molecule is COc1cnn(CCN(C)C)c1C(NN)c1cscc1C. The molecule has 0 aromatic carbocycles. The number of hydrogen-bond acceptors (Lipinski definition) is 6. The van der Waals surface area contributed by atoms with E-state index in [-0.39, 0.29) is 6.04 Å². The third-order valence-corrected chi connectivity index (χ3v) is 4.35. The van der Waals surface area contributed by atoms with Gasteiger partial charge in [0.1, 0.15) is 5.69 Å². The third-order valence-electron chi connectivity index (χ3n) is 3.47. The van der Waals surface area contributed by atoms with E-state index >= 15 is 0 Å². The molecule has 21 heavy (non-hydrogen) atoms. The van der Waals surface area contributed by atoms with Gasteiger partial charge in [-0.3, -0.25) is 10.5 Å². The number of likely N-dealkylation sites (N-methyl/N-ethyl adjacent to an activating group) is 1. The molecule has 2 heterocycles. The highest BCUT2D eigenvalue weighted by atomic mass is 32.1. The molecule has 0 bridgehead atoms. The van der Waals surface area contributed by atoms with E-state index < -0.39 is 0 Å². The van der Waals surface area contributed by atoms with Crippen LogP contribution in [-0.4, -0.2) is 42.4 Å². The summed E-state index contributed by atoms with van der Waals surface area (Å²) in [7, 11) is 5.75. The molecule has 0 spiro atoms. The zero-order valence-electron chi connectivity index (χ0n) is 13.0. The van der Waals surface area contributed by atoms with Gasteiger partial charge in [-0.15, -0.1) is 0 Å². The minimum absolute atomic E-state index is 0.129. The van der Waals surface area contributed by atoms with Crippen LogP contribution in [0.2, 0.25) is 0 Å². The lowest BCUT2D eigenvalue weighted by Crippen LogP contribution is -2.32. The maximum atomic E-state index is 5.82. The molecule has 0 aliphatic rings. The van der Waals surface area contributed by atoms with Crippen LogP contribution >= 0.6 is 11.3 Å². The van der Waals surface area contributed by atoms with E-state index in [9.17, 15) is 0 Å². The number of hydrogen-bond donors (Lipinski definition) is 2. The van der Waals surface area contributed by atoms with Gasteiger partial charge in [0.25, 0.3) is 0 Å². The molecular formula is C14H23N5OS. The van der Waals surface area contributed by atoms with Gasteiger partial charge in [-0.2, -0.15) is 16.4 Å². The number of hydrazine groups is 1.